The highest BCUT2D eigenvalue weighted by Crippen LogP contribution is 2.38. The second-order valence-electron chi connectivity index (χ2n) is 5.53. The fourth-order valence-corrected chi connectivity index (χ4v) is 3.25. The minimum absolute atomic E-state index is 0.0713. The van der Waals surface area contributed by atoms with E-state index < -0.39 is 0 Å². The number of hydrogen-bond acceptors (Lipinski definition) is 2. The van der Waals surface area contributed by atoms with Gasteiger partial charge in [-0.3, -0.25) is 4.68 Å². The lowest BCUT2D eigenvalue weighted by atomic mass is 9.89. The van der Waals surface area contributed by atoms with Crippen molar-refractivity contribution in [3.8, 4) is 0 Å². The van der Waals surface area contributed by atoms with Crippen molar-refractivity contribution in [2.75, 3.05) is 0 Å². The van der Waals surface area contributed by atoms with Gasteiger partial charge >= 0.3 is 0 Å². The Kier molecular flexibility index (Phi) is 3.50. The molecule has 96 valence electrons. The average Bonchev–Trinajstić information content (AvgIpc) is 2.76. The molecule has 17 heavy (non-hydrogen) atoms. The monoisotopic (exact) mass is 255 g/mol. The van der Waals surface area contributed by atoms with Gasteiger partial charge < -0.3 is 5.73 Å². The molecule has 1 aliphatic carbocycles. The van der Waals surface area contributed by atoms with Gasteiger partial charge in [0.05, 0.1) is 5.69 Å². The van der Waals surface area contributed by atoms with Gasteiger partial charge in [-0.25, -0.2) is 0 Å². The summed E-state index contributed by atoms with van der Waals surface area (Å²) in [4.78, 5) is 0. The molecule has 1 saturated carbocycles. The molecule has 0 bridgehead atoms. The largest absolute Gasteiger partial charge is 0.325 e. The Morgan fingerprint density at radius 1 is 1.59 bits per heavy atom. The maximum Gasteiger partial charge on any atom is 0.130 e. The van der Waals surface area contributed by atoms with Gasteiger partial charge in [0, 0.05) is 18.2 Å². The van der Waals surface area contributed by atoms with E-state index in [2.05, 4.69) is 12.0 Å². The molecule has 3 nitrogen and oxygen atoms in total. The molecule has 1 aliphatic rings. The summed E-state index contributed by atoms with van der Waals surface area (Å²) in [5.41, 5.74) is 8.59. The number of halogens is 1. The number of nitrogens with zero attached hydrogens (tertiary/aromatic N) is 2. The van der Waals surface area contributed by atoms with Gasteiger partial charge in [0.25, 0.3) is 0 Å². The maximum absolute atomic E-state index is 6.51. The van der Waals surface area contributed by atoms with Crippen molar-refractivity contribution in [2.45, 2.75) is 51.5 Å². The van der Waals surface area contributed by atoms with E-state index in [1.807, 2.05) is 14.0 Å². The van der Waals surface area contributed by atoms with Crippen LogP contribution in [0.5, 0.6) is 0 Å². The zero-order valence-electron chi connectivity index (χ0n) is 11.0. The molecule has 0 radical (unpaired) electrons. The van der Waals surface area contributed by atoms with E-state index in [-0.39, 0.29) is 5.54 Å². The molecule has 2 N–H and O–H groups in total. The van der Waals surface area contributed by atoms with Crippen LogP contribution in [0.4, 0.5) is 0 Å². The van der Waals surface area contributed by atoms with Crippen molar-refractivity contribution in [3.63, 3.8) is 0 Å². The van der Waals surface area contributed by atoms with Crippen molar-refractivity contribution in [3.05, 3.63) is 16.4 Å². The molecule has 4 heteroatoms. The minimum atomic E-state index is -0.0713. The van der Waals surface area contributed by atoms with Crippen molar-refractivity contribution in [1.29, 1.82) is 0 Å². The molecule has 2 atom stereocenters. The number of aromatic nitrogens is 2. The van der Waals surface area contributed by atoms with Crippen LogP contribution in [-0.2, 0) is 13.5 Å². The van der Waals surface area contributed by atoms with Crippen LogP contribution >= 0.6 is 11.6 Å². The quantitative estimate of drug-likeness (QED) is 0.903. The lowest BCUT2D eigenvalue weighted by molar-refractivity contribution is 0.406. The van der Waals surface area contributed by atoms with Gasteiger partial charge in [0.2, 0.25) is 0 Å². The first-order valence-corrected chi connectivity index (χ1v) is 6.80. The van der Waals surface area contributed by atoms with E-state index in [1.165, 1.54) is 12.8 Å². The van der Waals surface area contributed by atoms with Crippen LogP contribution in [0, 0.1) is 12.8 Å². The third-order valence-corrected chi connectivity index (χ3v) is 4.59. The van der Waals surface area contributed by atoms with E-state index in [0.29, 0.717) is 0 Å². The van der Waals surface area contributed by atoms with Crippen LogP contribution in [0.3, 0.4) is 0 Å². The third kappa shape index (κ3) is 2.50. The van der Waals surface area contributed by atoms with Gasteiger partial charge in [0.1, 0.15) is 5.15 Å². The first-order chi connectivity index (χ1) is 7.95. The van der Waals surface area contributed by atoms with Gasteiger partial charge in [0.15, 0.2) is 0 Å². The van der Waals surface area contributed by atoms with E-state index in [9.17, 15) is 0 Å². The fourth-order valence-electron chi connectivity index (χ4n) is 3.01. The number of rotatable bonds is 3. The van der Waals surface area contributed by atoms with Crippen LogP contribution in [0.15, 0.2) is 0 Å². The Morgan fingerprint density at radius 2 is 2.29 bits per heavy atom. The SMILES string of the molecule is CCC1CCC(N)(Cc2c(C)nn(C)c2Cl)C1. The van der Waals surface area contributed by atoms with Crippen molar-refractivity contribution < 1.29 is 0 Å². The average molecular weight is 256 g/mol. The summed E-state index contributed by atoms with van der Waals surface area (Å²) in [7, 11) is 1.88. The summed E-state index contributed by atoms with van der Waals surface area (Å²) in [6.45, 7) is 4.26. The Balaban J connectivity index is 2.16. The number of nitrogens with two attached hydrogens (primary N) is 1. The highest BCUT2D eigenvalue weighted by Gasteiger charge is 2.36. The Hall–Kier alpha value is -0.540. The summed E-state index contributed by atoms with van der Waals surface area (Å²) in [6, 6.07) is 0. The molecule has 0 spiro atoms. The van der Waals surface area contributed by atoms with Gasteiger partial charge in [-0.1, -0.05) is 24.9 Å². The Labute approximate surface area is 108 Å². The number of hydrogen-bond donors (Lipinski definition) is 1. The molecular formula is C13H22ClN3. The Bertz CT molecular complexity index is 413. The first-order valence-electron chi connectivity index (χ1n) is 6.42. The van der Waals surface area contributed by atoms with Crippen LogP contribution in [0.25, 0.3) is 0 Å². The lowest BCUT2D eigenvalue weighted by Gasteiger charge is -2.24. The lowest BCUT2D eigenvalue weighted by Crippen LogP contribution is -2.39. The molecule has 2 unspecified atom stereocenters. The molecule has 1 aromatic heterocycles. The highest BCUT2D eigenvalue weighted by molar-refractivity contribution is 6.30. The standard InChI is InChI=1S/C13H22ClN3/c1-4-10-5-6-13(15,7-10)8-11-9(2)16-17(3)12(11)14/h10H,4-8,15H2,1-3H3. The van der Waals surface area contributed by atoms with Gasteiger partial charge in [-0.05, 0) is 38.5 Å². The normalized spacial score (nSPS) is 28.9. The number of aryl methyl sites for hydroxylation is 2. The van der Waals surface area contributed by atoms with E-state index in [1.54, 1.807) is 4.68 Å². The molecule has 1 heterocycles. The van der Waals surface area contributed by atoms with Crippen molar-refractivity contribution in [1.82, 2.24) is 9.78 Å². The predicted molar refractivity (Wildman–Crippen MR) is 71.2 cm³/mol. The Morgan fingerprint density at radius 3 is 2.76 bits per heavy atom. The van der Waals surface area contributed by atoms with Crippen LogP contribution in [0.1, 0.15) is 43.9 Å². The van der Waals surface area contributed by atoms with Crippen LogP contribution < -0.4 is 5.73 Å². The molecule has 0 amide bonds. The van der Waals surface area contributed by atoms with E-state index in [4.69, 9.17) is 17.3 Å². The summed E-state index contributed by atoms with van der Waals surface area (Å²) >= 11 is 6.27. The molecule has 0 aromatic carbocycles. The van der Waals surface area contributed by atoms with Crippen molar-refractivity contribution in [2.24, 2.45) is 18.7 Å². The predicted octanol–water partition coefficient (Wildman–Crippen LogP) is 2.83. The first kappa shape index (κ1) is 12.9. The van der Waals surface area contributed by atoms with Crippen LogP contribution in [-0.4, -0.2) is 15.3 Å². The van der Waals surface area contributed by atoms with Gasteiger partial charge in [-0.15, -0.1) is 0 Å². The molecule has 1 aromatic rings. The second kappa shape index (κ2) is 4.62. The summed E-state index contributed by atoms with van der Waals surface area (Å²) in [6.07, 6.45) is 5.58. The molecular weight excluding hydrogens is 234 g/mol. The molecule has 2 rings (SSSR count). The topological polar surface area (TPSA) is 43.8 Å². The second-order valence-corrected chi connectivity index (χ2v) is 5.89. The zero-order valence-corrected chi connectivity index (χ0v) is 11.7. The maximum atomic E-state index is 6.51. The minimum Gasteiger partial charge on any atom is -0.325 e. The highest BCUT2D eigenvalue weighted by atomic mass is 35.5. The van der Waals surface area contributed by atoms with E-state index >= 15 is 0 Å². The summed E-state index contributed by atoms with van der Waals surface area (Å²) < 4.78 is 1.74. The molecule has 1 fully saturated rings. The molecule has 0 saturated heterocycles. The summed E-state index contributed by atoms with van der Waals surface area (Å²) in [5, 5.41) is 5.09. The summed E-state index contributed by atoms with van der Waals surface area (Å²) in [5.74, 6) is 0.788. The van der Waals surface area contributed by atoms with Crippen LogP contribution in [0.2, 0.25) is 5.15 Å². The van der Waals surface area contributed by atoms with Gasteiger partial charge in [-0.2, -0.15) is 5.10 Å². The fraction of sp³-hybridized carbons (Fsp3) is 0.769. The van der Waals surface area contributed by atoms with E-state index in [0.717, 1.165) is 41.6 Å². The molecule has 0 aliphatic heterocycles. The third-order valence-electron chi connectivity index (χ3n) is 4.12. The van der Waals surface area contributed by atoms with Crippen molar-refractivity contribution >= 4 is 11.6 Å². The smallest absolute Gasteiger partial charge is 0.130 e. The zero-order chi connectivity index (χ0) is 12.6.